The molecule has 1 aromatic heterocycles. The largest absolute Gasteiger partial charge is 0.494 e. The van der Waals surface area contributed by atoms with Gasteiger partial charge in [0.05, 0.1) is 18.7 Å². The zero-order chi connectivity index (χ0) is 19.6. The van der Waals surface area contributed by atoms with Crippen molar-refractivity contribution < 1.29 is 19.3 Å². The Labute approximate surface area is 166 Å². The second-order valence-electron chi connectivity index (χ2n) is 7.45. The van der Waals surface area contributed by atoms with E-state index in [1.54, 1.807) is 11.7 Å². The number of nitrogens with one attached hydrogen (secondary N) is 1. The van der Waals surface area contributed by atoms with Crippen molar-refractivity contribution >= 4 is 12.2 Å². The molecular weight excluding hydrogens is 382 g/mol. The third-order valence-corrected chi connectivity index (χ3v) is 6.03. The molecular formula is C19H21N3O5S. The van der Waals surface area contributed by atoms with Crippen LogP contribution in [-0.2, 0) is 6.42 Å². The topological polar surface area (TPSA) is 89.0 Å². The summed E-state index contributed by atoms with van der Waals surface area (Å²) in [6, 6.07) is 1.59. The van der Waals surface area contributed by atoms with Crippen LogP contribution in [0.1, 0.15) is 41.6 Å². The van der Waals surface area contributed by atoms with Crippen LogP contribution in [0.5, 0.6) is 23.1 Å². The van der Waals surface area contributed by atoms with E-state index in [-0.39, 0.29) is 34.6 Å². The fourth-order valence-corrected chi connectivity index (χ4v) is 4.60. The summed E-state index contributed by atoms with van der Waals surface area (Å²) >= 11 is 5.30. The molecule has 0 amide bonds. The van der Waals surface area contributed by atoms with Crippen molar-refractivity contribution in [3.05, 3.63) is 37.9 Å². The number of aromatic amines is 1. The van der Waals surface area contributed by atoms with Crippen molar-refractivity contribution in [1.82, 2.24) is 14.5 Å². The molecule has 148 valence electrons. The summed E-state index contributed by atoms with van der Waals surface area (Å²) in [6.45, 7) is 0.853. The Hall–Kier alpha value is -2.52. The number of H-pyrrole nitrogens is 1. The van der Waals surface area contributed by atoms with E-state index >= 15 is 0 Å². The van der Waals surface area contributed by atoms with Gasteiger partial charge in [-0.2, -0.15) is 0 Å². The summed E-state index contributed by atoms with van der Waals surface area (Å²) in [6.07, 6.45) is 2.65. The molecule has 1 aliphatic carbocycles. The van der Waals surface area contributed by atoms with Crippen molar-refractivity contribution in [1.29, 1.82) is 0 Å². The van der Waals surface area contributed by atoms with E-state index in [4.69, 9.17) is 26.4 Å². The Kier molecular flexibility index (Phi) is 3.92. The average Bonchev–Trinajstić information content (AvgIpc) is 3.37. The fraction of sp³-hybridized carbons (Fsp3) is 0.474. The zero-order valence-corrected chi connectivity index (χ0v) is 16.5. The SMILES string of the molecule is COc1c2c(cc3c1[C@@H](c1c(O)n(C4CC4)c(=S)[nH]c1=O)N(C)CC3)OCO2. The number of fused-ring (bicyclic) bond motifs is 2. The lowest BCUT2D eigenvalue weighted by Gasteiger charge is -2.36. The van der Waals surface area contributed by atoms with Crippen molar-refractivity contribution in [3.8, 4) is 23.1 Å². The van der Waals surface area contributed by atoms with Crippen LogP contribution >= 0.6 is 12.2 Å². The number of aromatic nitrogens is 2. The zero-order valence-electron chi connectivity index (χ0n) is 15.7. The quantitative estimate of drug-likeness (QED) is 0.760. The molecule has 0 unspecified atom stereocenters. The van der Waals surface area contributed by atoms with Crippen molar-refractivity contribution in [3.63, 3.8) is 0 Å². The number of ether oxygens (including phenoxy) is 3. The number of nitrogens with zero attached hydrogens (tertiary/aromatic N) is 2. The average molecular weight is 403 g/mol. The van der Waals surface area contributed by atoms with Crippen LogP contribution in [0.15, 0.2) is 10.9 Å². The molecule has 2 aliphatic heterocycles. The van der Waals surface area contributed by atoms with Crippen LogP contribution in [0.3, 0.4) is 0 Å². The molecule has 0 spiro atoms. The Morgan fingerprint density at radius 1 is 1.32 bits per heavy atom. The lowest BCUT2D eigenvalue weighted by atomic mass is 9.87. The first-order valence-corrected chi connectivity index (χ1v) is 9.69. The number of hydrogen-bond acceptors (Lipinski definition) is 7. The smallest absolute Gasteiger partial charge is 0.260 e. The third kappa shape index (κ3) is 2.46. The fourth-order valence-electron chi connectivity index (χ4n) is 4.27. The van der Waals surface area contributed by atoms with E-state index in [1.807, 2.05) is 18.0 Å². The predicted octanol–water partition coefficient (Wildman–Crippen LogP) is 2.26. The van der Waals surface area contributed by atoms with Crippen LogP contribution in [0.25, 0.3) is 0 Å². The lowest BCUT2D eigenvalue weighted by Crippen LogP contribution is -2.37. The minimum absolute atomic E-state index is 0.0688. The van der Waals surface area contributed by atoms with E-state index < -0.39 is 6.04 Å². The molecule has 1 aromatic carbocycles. The maximum Gasteiger partial charge on any atom is 0.260 e. The van der Waals surface area contributed by atoms with Crippen molar-refractivity contribution in [2.24, 2.45) is 0 Å². The van der Waals surface area contributed by atoms with E-state index in [0.717, 1.165) is 36.9 Å². The molecule has 8 nitrogen and oxygen atoms in total. The normalized spacial score (nSPS) is 20.9. The van der Waals surface area contributed by atoms with E-state index in [9.17, 15) is 9.90 Å². The molecule has 1 saturated carbocycles. The second-order valence-corrected chi connectivity index (χ2v) is 7.83. The second kappa shape index (κ2) is 6.25. The summed E-state index contributed by atoms with van der Waals surface area (Å²) in [5.74, 6) is 1.65. The van der Waals surface area contributed by atoms with Gasteiger partial charge in [0.2, 0.25) is 18.4 Å². The highest BCUT2D eigenvalue weighted by atomic mass is 32.1. The summed E-state index contributed by atoms with van der Waals surface area (Å²) in [5, 5.41) is 11.1. The molecule has 3 aliphatic rings. The highest BCUT2D eigenvalue weighted by Gasteiger charge is 2.39. The molecule has 2 aromatic rings. The van der Waals surface area contributed by atoms with Crippen LogP contribution in [-0.4, -0.2) is 47.1 Å². The molecule has 0 radical (unpaired) electrons. The number of likely N-dealkylation sites (N-methyl/N-ethyl adjacent to an activating group) is 1. The first kappa shape index (κ1) is 17.6. The standard InChI is InChI=1S/C19H21N3O5S/c1-21-6-5-9-7-11-15(27-8-26-11)16(25-2)12(9)14(21)13-17(23)20-19(28)22(18(13)24)10-3-4-10/h7,10,14,24H,3-6,8H2,1-2H3,(H,20,23,28)/t14-/m0/s1. The summed E-state index contributed by atoms with van der Waals surface area (Å²) in [5.41, 5.74) is 1.73. The number of benzene rings is 1. The molecule has 1 fully saturated rings. The molecule has 5 rings (SSSR count). The molecule has 9 heteroatoms. The number of methoxy groups -OCH3 is 1. The molecule has 2 N–H and O–H groups in total. The summed E-state index contributed by atoms with van der Waals surface area (Å²) in [7, 11) is 3.50. The van der Waals surface area contributed by atoms with Crippen LogP contribution < -0.4 is 19.8 Å². The first-order valence-electron chi connectivity index (χ1n) is 9.28. The van der Waals surface area contributed by atoms with Gasteiger partial charge in [0.25, 0.3) is 5.56 Å². The van der Waals surface area contributed by atoms with Crippen LogP contribution in [0, 0.1) is 4.77 Å². The Morgan fingerprint density at radius 2 is 2.11 bits per heavy atom. The predicted molar refractivity (Wildman–Crippen MR) is 103 cm³/mol. The molecule has 0 bridgehead atoms. The van der Waals surface area contributed by atoms with E-state index in [0.29, 0.717) is 17.2 Å². The summed E-state index contributed by atoms with van der Waals surface area (Å²) in [4.78, 5) is 17.7. The Balaban J connectivity index is 1.79. The summed E-state index contributed by atoms with van der Waals surface area (Å²) < 4.78 is 18.8. The van der Waals surface area contributed by atoms with Crippen LogP contribution in [0.4, 0.5) is 0 Å². The van der Waals surface area contributed by atoms with Gasteiger partial charge in [0.1, 0.15) is 0 Å². The van der Waals surface area contributed by atoms with Gasteiger partial charge < -0.3 is 19.3 Å². The molecule has 28 heavy (non-hydrogen) atoms. The van der Waals surface area contributed by atoms with Gasteiger partial charge in [0.15, 0.2) is 16.3 Å². The van der Waals surface area contributed by atoms with Gasteiger partial charge in [0, 0.05) is 18.2 Å². The minimum atomic E-state index is -0.488. The third-order valence-electron chi connectivity index (χ3n) is 5.73. The minimum Gasteiger partial charge on any atom is -0.494 e. The molecule has 3 heterocycles. The molecule has 0 saturated heterocycles. The van der Waals surface area contributed by atoms with Gasteiger partial charge in [-0.25, -0.2) is 0 Å². The van der Waals surface area contributed by atoms with Gasteiger partial charge in [-0.05, 0) is 50.2 Å². The maximum absolute atomic E-state index is 12.9. The monoisotopic (exact) mass is 403 g/mol. The van der Waals surface area contributed by atoms with Crippen LogP contribution in [0.2, 0.25) is 0 Å². The highest BCUT2D eigenvalue weighted by Crippen LogP contribution is 2.51. The Morgan fingerprint density at radius 3 is 2.82 bits per heavy atom. The van der Waals surface area contributed by atoms with Gasteiger partial charge >= 0.3 is 0 Å². The first-order chi connectivity index (χ1) is 13.5. The molecule has 1 atom stereocenters. The number of aromatic hydroxyl groups is 1. The van der Waals surface area contributed by atoms with Crippen molar-refractivity contribution in [2.45, 2.75) is 31.3 Å². The highest BCUT2D eigenvalue weighted by molar-refractivity contribution is 7.71. The number of hydrogen-bond donors (Lipinski definition) is 2. The Bertz CT molecular complexity index is 1090. The van der Waals surface area contributed by atoms with Gasteiger partial charge in [-0.3, -0.25) is 19.2 Å². The van der Waals surface area contributed by atoms with Gasteiger partial charge in [-0.1, -0.05) is 0 Å². The van der Waals surface area contributed by atoms with Crippen molar-refractivity contribution in [2.75, 3.05) is 27.5 Å². The maximum atomic E-state index is 12.9. The van der Waals surface area contributed by atoms with E-state index in [1.165, 1.54) is 0 Å². The van der Waals surface area contributed by atoms with Gasteiger partial charge in [-0.15, -0.1) is 0 Å². The lowest BCUT2D eigenvalue weighted by molar-refractivity contribution is 0.170. The van der Waals surface area contributed by atoms with E-state index in [2.05, 4.69) is 4.98 Å². The number of rotatable bonds is 3.